The number of aromatic nitrogens is 2. The summed E-state index contributed by atoms with van der Waals surface area (Å²) in [6, 6.07) is 12.1. The number of pyridine rings is 1. The van der Waals surface area contributed by atoms with Gasteiger partial charge in [-0.3, -0.25) is 19.1 Å². The summed E-state index contributed by atoms with van der Waals surface area (Å²) < 4.78 is 11.1. The predicted octanol–water partition coefficient (Wildman–Crippen LogP) is 0.505. The Bertz CT molecular complexity index is 1560. The third kappa shape index (κ3) is 4.30. The van der Waals surface area contributed by atoms with Crippen molar-refractivity contribution in [1.29, 1.82) is 5.26 Å². The lowest BCUT2D eigenvalue weighted by Crippen LogP contribution is -2.40. The summed E-state index contributed by atoms with van der Waals surface area (Å²) in [4.78, 5) is 42.7. The van der Waals surface area contributed by atoms with Crippen LogP contribution in [0.2, 0.25) is 0 Å². The number of anilines is 1. The molecule has 4 rings (SSSR count). The first-order chi connectivity index (χ1) is 16.9. The summed E-state index contributed by atoms with van der Waals surface area (Å²) in [5.74, 6) is -1.69. The van der Waals surface area contributed by atoms with Crippen LogP contribution in [0.15, 0.2) is 59.2 Å². The Kier molecular flexibility index (Phi) is 6.48. The highest BCUT2D eigenvalue weighted by atomic mass is 32.1. The van der Waals surface area contributed by atoms with Crippen LogP contribution in [0, 0.1) is 11.3 Å². The van der Waals surface area contributed by atoms with Gasteiger partial charge in [-0.2, -0.15) is 5.26 Å². The predicted molar refractivity (Wildman–Crippen MR) is 129 cm³/mol. The van der Waals surface area contributed by atoms with Crippen molar-refractivity contribution in [2.45, 2.75) is 5.92 Å². The Hall–Kier alpha value is -4.69. The fraction of sp³-hybridized carbons (Fsp3) is 0.125. The molecule has 0 radical (unpaired) electrons. The number of nitrogens with zero attached hydrogens (tertiary/aromatic N) is 3. The molecular formula is C24H19N5O5S. The maximum absolute atomic E-state index is 13.7. The van der Waals surface area contributed by atoms with E-state index in [9.17, 15) is 19.6 Å². The monoisotopic (exact) mass is 489 g/mol. The lowest BCUT2D eigenvalue weighted by molar-refractivity contribution is -0.133. The molecule has 3 aromatic rings. The van der Waals surface area contributed by atoms with E-state index >= 15 is 0 Å². The van der Waals surface area contributed by atoms with Gasteiger partial charge in [-0.1, -0.05) is 6.07 Å². The van der Waals surface area contributed by atoms with Crippen molar-refractivity contribution in [3.8, 4) is 11.8 Å². The van der Waals surface area contributed by atoms with E-state index in [2.05, 4.69) is 15.0 Å². The largest absolute Gasteiger partial charge is 0.497 e. The highest BCUT2D eigenvalue weighted by molar-refractivity contribution is 7.07. The number of hydrogen-bond acceptors (Lipinski definition) is 9. The van der Waals surface area contributed by atoms with Gasteiger partial charge in [0.1, 0.15) is 20.8 Å². The van der Waals surface area contributed by atoms with Gasteiger partial charge in [0.2, 0.25) is 0 Å². The smallest absolute Gasteiger partial charge is 0.332 e. The van der Waals surface area contributed by atoms with Crippen LogP contribution in [0.5, 0.6) is 5.75 Å². The highest BCUT2D eigenvalue weighted by Gasteiger charge is 2.35. The summed E-state index contributed by atoms with van der Waals surface area (Å²) in [7, 11) is 2.72. The van der Waals surface area contributed by atoms with Crippen LogP contribution in [0.1, 0.15) is 11.5 Å². The van der Waals surface area contributed by atoms with Gasteiger partial charge in [-0.05, 0) is 35.9 Å². The molecule has 3 heterocycles. The summed E-state index contributed by atoms with van der Waals surface area (Å²) in [5, 5.41) is 12.8. The number of allylic oxidation sites excluding steroid dienone is 1. The molecule has 0 bridgehead atoms. The molecule has 10 nitrogen and oxygen atoms in total. The van der Waals surface area contributed by atoms with Gasteiger partial charge >= 0.3 is 5.97 Å². The van der Waals surface area contributed by atoms with Crippen LogP contribution in [-0.4, -0.2) is 35.6 Å². The Labute approximate surface area is 202 Å². The van der Waals surface area contributed by atoms with Crippen LogP contribution in [0.3, 0.4) is 0 Å². The molecule has 0 fully saturated rings. The van der Waals surface area contributed by atoms with Crippen LogP contribution in [0.4, 0.5) is 5.69 Å². The normalized spacial score (nSPS) is 15.3. The fourth-order valence-corrected chi connectivity index (χ4v) is 4.82. The number of ether oxygens (including phenoxy) is 2. The molecule has 1 amide bonds. The number of methoxy groups -OCH3 is 2. The van der Waals surface area contributed by atoms with Crippen LogP contribution >= 0.6 is 11.3 Å². The number of carbonyl (C=O) groups excluding carboxylic acids is 2. The SMILES string of the molecule is COC(=O)/C=c1\sc2n(c1=O)C(N)=C(C#N)[C@@H](c1cccnc1)C=2C(=O)Nc1ccc(OC)cc1. The standard InChI is InChI=1S/C24H19N5O5S/c1-33-15-7-5-14(6-8-15)28-22(31)20-19(13-4-3-9-27-12-13)16(11-25)21(26)29-23(32)17(35-24(20)29)10-18(30)34-2/h3-10,12,19H,26H2,1-2H3,(H,28,31)/b17-10-/t19-/m1/s1. The number of fused-ring (bicyclic) bond motifs is 1. The Morgan fingerprint density at radius 3 is 2.60 bits per heavy atom. The minimum atomic E-state index is -0.893. The molecule has 0 spiro atoms. The summed E-state index contributed by atoms with van der Waals surface area (Å²) in [5.41, 5.74) is 6.77. The van der Waals surface area contributed by atoms with Crippen molar-refractivity contribution in [2.24, 2.45) is 5.73 Å². The number of benzene rings is 1. The summed E-state index contributed by atoms with van der Waals surface area (Å²) in [6.45, 7) is 0. The lowest BCUT2D eigenvalue weighted by atomic mass is 9.84. The molecule has 2 aromatic heterocycles. The van der Waals surface area contributed by atoms with Crippen molar-refractivity contribution in [2.75, 3.05) is 19.5 Å². The number of nitrogens with one attached hydrogen (secondary N) is 1. The van der Waals surface area contributed by atoms with E-state index in [1.807, 2.05) is 6.07 Å². The average molecular weight is 490 g/mol. The molecule has 0 aliphatic carbocycles. The maximum Gasteiger partial charge on any atom is 0.332 e. The lowest BCUT2D eigenvalue weighted by Gasteiger charge is -2.25. The molecule has 3 N–H and O–H groups in total. The van der Waals surface area contributed by atoms with Gasteiger partial charge in [0, 0.05) is 24.2 Å². The molecule has 1 atom stereocenters. The quantitative estimate of drug-likeness (QED) is 0.492. The first kappa shape index (κ1) is 23.5. The molecule has 0 unspecified atom stereocenters. The highest BCUT2D eigenvalue weighted by Crippen LogP contribution is 2.36. The number of thiazole rings is 1. The van der Waals surface area contributed by atoms with E-state index in [1.165, 1.54) is 20.4 Å². The molecule has 35 heavy (non-hydrogen) atoms. The Balaban J connectivity index is 2.00. The van der Waals surface area contributed by atoms with E-state index in [1.54, 1.807) is 42.6 Å². The molecule has 1 aromatic carbocycles. The van der Waals surface area contributed by atoms with E-state index in [0.29, 0.717) is 17.0 Å². The van der Waals surface area contributed by atoms with Gasteiger partial charge in [-0.25, -0.2) is 4.79 Å². The van der Waals surface area contributed by atoms with Crippen molar-refractivity contribution in [3.05, 3.63) is 79.5 Å². The van der Waals surface area contributed by atoms with Gasteiger partial charge in [-0.15, -0.1) is 11.3 Å². The van der Waals surface area contributed by atoms with Gasteiger partial charge < -0.3 is 20.5 Å². The molecule has 1 aliphatic heterocycles. The van der Waals surface area contributed by atoms with Crippen LogP contribution < -0.4 is 30.5 Å². The minimum absolute atomic E-state index is 0.00803. The van der Waals surface area contributed by atoms with Crippen molar-refractivity contribution in [3.63, 3.8) is 0 Å². The van der Waals surface area contributed by atoms with Crippen LogP contribution in [-0.2, 0) is 14.3 Å². The second-order valence-corrected chi connectivity index (χ2v) is 8.34. The Morgan fingerprint density at radius 2 is 2.00 bits per heavy atom. The molecule has 0 saturated carbocycles. The number of hydrogen-bond donors (Lipinski definition) is 2. The molecule has 0 saturated heterocycles. The minimum Gasteiger partial charge on any atom is -0.497 e. The number of nitriles is 1. The topological polar surface area (TPSA) is 149 Å². The number of rotatable bonds is 5. The fourth-order valence-electron chi connectivity index (χ4n) is 3.69. The molecule has 176 valence electrons. The van der Waals surface area contributed by atoms with Crippen molar-refractivity contribution in [1.82, 2.24) is 9.55 Å². The zero-order valence-electron chi connectivity index (χ0n) is 18.6. The van der Waals surface area contributed by atoms with Gasteiger partial charge in [0.15, 0.2) is 0 Å². The zero-order valence-corrected chi connectivity index (χ0v) is 19.5. The van der Waals surface area contributed by atoms with E-state index in [-0.39, 0.29) is 26.2 Å². The van der Waals surface area contributed by atoms with Gasteiger partial charge in [0.25, 0.3) is 11.5 Å². The summed E-state index contributed by atoms with van der Waals surface area (Å²) >= 11 is 0.906. The average Bonchev–Trinajstić information content (AvgIpc) is 3.20. The zero-order chi connectivity index (χ0) is 25.1. The van der Waals surface area contributed by atoms with Crippen LogP contribution in [0.25, 0.3) is 17.5 Å². The third-order valence-electron chi connectivity index (χ3n) is 5.33. The second kappa shape index (κ2) is 9.66. The number of amides is 1. The van der Waals surface area contributed by atoms with E-state index in [0.717, 1.165) is 22.0 Å². The Morgan fingerprint density at radius 1 is 1.26 bits per heavy atom. The van der Waals surface area contributed by atoms with Crippen molar-refractivity contribution < 1.29 is 19.1 Å². The maximum atomic E-state index is 13.7. The number of nitrogens with two attached hydrogens (primary N) is 1. The first-order valence-electron chi connectivity index (χ1n) is 10.2. The van der Waals surface area contributed by atoms with E-state index < -0.39 is 23.4 Å². The third-order valence-corrected chi connectivity index (χ3v) is 6.44. The first-order valence-corrected chi connectivity index (χ1v) is 11.0. The number of carbonyl (C=O) groups is 2. The second-order valence-electron chi connectivity index (χ2n) is 7.31. The van der Waals surface area contributed by atoms with Gasteiger partial charge in [0.05, 0.1) is 37.4 Å². The van der Waals surface area contributed by atoms with E-state index in [4.69, 9.17) is 10.5 Å². The molecular weight excluding hydrogens is 470 g/mol. The van der Waals surface area contributed by atoms with Crippen molar-refractivity contribution >= 4 is 46.4 Å². The molecule has 1 aliphatic rings. The number of esters is 1. The molecule has 11 heteroatoms. The summed E-state index contributed by atoms with van der Waals surface area (Å²) in [6.07, 6.45) is 4.11.